The van der Waals surface area contributed by atoms with Crippen LogP contribution >= 0.6 is 0 Å². The van der Waals surface area contributed by atoms with Crippen molar-refractivity contribution in [1.29, 1.82) is 0 Å². The average Bonchev–Trinajstić information content (AvgIpc) is 2.71. The summed E-state index contributed by atoms with van der Waals surface area (Å²) in [6, 6.07) is 12.2. The van der Waals surface area contributed by atoms with Crippen molar-refractivity contribution in [3.63, 3.8) is 0 Å². The highest BCUT2D eigenvalue weighted by Gasteiger charge is 2.25. The maximum atomic E-state index is 13.1. The molecule has 0 bridgehead atoms. The number of nitrogens with one attached hydrogen (secondary N) is 2. The number of carbonyl (C=O) groups excluding carboxylic acids is 3. The van der Waals surface area contributed by atoms with Crippen LogP contribution in [-0.4, -0.2) is 39.8 Å². The highest BCUT2D eigenvalue weighted by Crippen LogP contribution is 2.09. The number of primary amides is 1. The van der Waals surface area contributed by atoms with Crippen LogP contribution in [0.5, 0.6) is 0 Å². The van der Waals surface area contributed by atoms with Crippen molar-refractivity contribution in [2.24, 2.45) is 5.73 Å². The van der Waals surface area contributed by atoms with Gasteiger partial charge in [-0.15, -0.1) is 0 Å². The number of nitrogens with two attached hydrogens (primary N) is 1. The van der Waals surface area contributed by atoms with E-state index in [0.29, 0.717) is 10.5 Å². The van der Waals surface area contributed by atoms with Crippen LogP contribution in [0, 0.1) is 5.82 Å². The summed E-state index contributed by atoms with van der Waals surface area (Å²) in [7, 11) is -1.35. The molecule has 0 saturated heterocycles. The lowest BCUT2D eigenvalue weighted by Crippen LogP contribution is -2.53. The predicted molar refractivity (Wildman–Crippen MR) is 111 cm³/mol. The minimum Gasteiger partial charge on any atom is -0.368 e. The molecule has 7 nitrogen and oxygen atoms in total. The van der Waals surface area contributed by atoms with E-state index in [1.54, 1.807) is 30.3 Å². The number of benzene rings is 2. The Balaban J connectivity index is 2.03. The Bertz CT molecular complexity index is 906. The Morgan fingerprint density at radius 1 is 1.00 bits per heavy atom. The number of amides is 3. The molecule has 0 aliphatic carbocycles. The normalized spacial score (nSPS) is 13.7. The monoisotopic (exact) mass is 433 g/mol. The van der Waals surface area contributed by atoms with E-state index in [1.807, 2.05) is 0 Å². The van der Waals surface area contributed by atoms with E-state index in [1.165, 1.54) is 31.2 Å². The van der Waals surface area contributed by atoms with Crippen molar-refractivity contribution in [2.75, 3.05) is 5.75 Å². The molecule has 3 atom stereocenters. The maximum absolute atomic E-state index is 13.1. The zero-order valence-electron chi connectivity index (χ0n) is 16.5. The summed E-state index contributed by atoms with van der Waals surface area (Å²) in [5.41, 5.74) is 6.03. The quantitative estimate of drug-likeness (QED) is 0.519. The molecular formula is C21H24FN3O4S. The Morgan fingerprint density at radius 2 is 1.63 bits per heavy atom. The van der Waals surface area contributed by atoms with Crippen molar-refractivity contribution >= 4 is 28.5 Å². The molecule has 0 unspecified atom stereocenters. The first-order valence-corrected chi connectivity index (χ1v) is 10.6. The van der Waals surface area contributed by atoms with E-state index in [9.17, 15) is 23.0 Å². The average molecular weight is 434 g/mol. The van der Waals surface area contributed by atoms with Crippen molar-refractivity contribution in [1.82, 2.24) is 10.6 Å². The molecule has 0 aliphatic heterocycles. The summed E-state index contributed by atoms with van der Waals surface area (Å²) in [5.74, 6) is -2.10. The zero-order valence-corrected chi connectivity index (χ0v) is 17.3. The van der Waals surface area contributed by atoms with Crippen LogP contribution in [0.15, 0.2) is 59.5 Å². The van der Waals surface area contributed by atoms with Gasteiger partial charge in [-0.1, -0.05) is 30.3 Å². The van der Waals surface area contributed by atoms with E-state index in [4.69, 9.17) is 5.73 Å². The molecule has 0 heterocycles. The van der Waals surface area contributed by atoms with Gasteiger partial charge < -0.3 is 16.4 Å². The SMILES string of the molecule is CC(=O)N[C@@H](Cc1ccc(F)cc1)C(=O)N[C@@H](CC[S@](=O)c1ccccc1)C(N)=O. The number of rotatable bonds is 10. The lowest BCUT2D eigenvalue weighted by molar-refractivity contribution is -0.130. The lowest BCUT2D eigenvalue weighted by Gasteiger charge is -2.21. The van der Waals surface area contributed by atoms with Gasteiger partial charge in [0.2, 0.25) is 17.7 Å². The number of carbonyl (C=O) groups is 3. The van der Waals surface area contributed by atoms with Gasteiger partial charge >= 0.3 is 0 Å². The molecule has 2 aromatic rings. The first kappa shape index (κ1) is 23.2. The van der Waals surface area contributed by atoms with Gasteiger partial charge in [0, 0.05) is 24.0 Å². The van der Waals surface area contributed by atoms with Gasteiger partial charge in [-0.25, -0.2) is 4.39 Å². The molecule has 0 spiro atoms. The second-order valence-corrected chi connectivity index (χ2v) is 8.27. The molecule has 30 heavy (non-hydrogen) atoms. The first-order chi connectivity index (χ1) is 14.3. The van der Waals surface area contributed by atoms with Crippen LogP contribution in [0.2, 0.25) is 0 Å². The van der Waals surface area contributed by atoms with E-state index < -0.39 is 46.4 Å². The maximum Gasteiger partial charge on any atom is 0.243 e. The van der Waals surface area contributed by atoms with E-state index >= 15 is 0 Å². The fraction of sp³-hybridized carbons (Fsp3) is 0.286. The van der Waals surface area contributed by atoms with Gasteiger partial charge in [0.05, 0.1) is 10.8 Å². The molecule has 2 rings (SSSR count). The summed E-state index contributed by atoms with van der Waals surface area (Å²) >= 11 is 0. The third-order valence-corrected chi connectivity index (χ3v) is 5.71. The molecule has 0 saturated carbocycles. The topological polar surface area (TPSA) is 118 Å². The third-order valence-electron chi connectivity index (χ3n) is 4.31. The summed E-state index contributed by atoms with van der Waals surface area (Å²) in [6.07, 6.45) is 0.180. The van der Waals surface area contributed by atoms with Gasteiger partial charge in [-0.2, -0.15) is 0 Å². The van der Waals surface area contributed by atoms with Crippen molar-refractivity contribution in [3.05, 3.63) is 66.0 Å². The van der Waals surface area contributed by atoms with Crippen LogP contribution in [0.3, 0.4) is 0 Å². The predicted octanol–water partition coefficient (Wildman–Crippen LogP) is 1.04. The lowest BCUT2D eigenvalue weighted by atomic mass is 10.0. The molecular weight excluding hydrogens is 409 g/mol. The molecule has 160 valence electrons. The molecule has 9 heteroatoms. The number of hydrogen-bond acceptors (Lipinski definition) is 4. The van der Waals surface area contributed by atoms with Crippen LogP contribution < -0.4 is 16.4 Å². The van der Waals surface area contributed by atoms with Crippen LogP contribution in [0.1, 0.15) is 18.9 Å². The Kier molecular flexibility index (Phi) is 8.67. The second-order valence-electron chi connectivity index (χ2n) is 6.70. The highest BCUT2D eigenvalue weighted by molar-refractivity contribution is 7.85. The minimum absolute atomic E-state index is 0.0753. The molecule has 4 N–H and O–H groups in total. The fourth-order valence-corrected chi connectivity index (χ4v) is 3.93. The molecule has 0 aromatic heterocycles. The first-order valence-electron chi connectivity index (χ1n) is 9.31. The molecule has 3 amide bonds. The van der Waals surface area contributed by atoms with E-state index in [-0.39, 0.29) is 18.6 Å². The van der Waals surface area contributed by atoms with Crippen molar-refractivity contribution in [3.8, 4) is 0 Å². The highest BCUT2D eigenvalue weighted by atomic mass is 32.2. The smallest absolute Gasteiger partial charge is 0.243 e. The van der Waals surface area contributed by atoms with Crippen molar-refractivity contribution < 1.29 is 23.0 Å². The summed E-state index contributed by atoms with van der Waals surface area (Å²) in [6.45, 7) is 1.26. The molecule has 0 radical (unpaired) electrons. The zero-order chi connectivity index (χ0) is 22.1. The number of hydrogen-bond donors (Lipinski definition) is 3. The fourth-order valence-electron chi connectivity index (χ4n) is 2.78. The standard InChI is InChI=1S/C21H24FN3O4S/c1-14(26)24-19(13-15-7-9-16(22)10-8-15)21(28)25-18(20(23)27)11-12-30(29)17-5-3-2-4-6-17/h2-10,18-19H,11-13H2,1H3,(H2,23,27)(H,24,26)(H,25,28)/t18-,19-,30-/m0/s1. The van der Waals surface area contributed by atoms with Gasteiger partial charge in [0.25, 0.3) is 0 Å². The molecule has 0 fully saturated rings. The van der Waals surface area contributed by atoms with Gasteiger partial charge in [-0.3, -0.25) is 18.6 Å². The third kappa shape index (κ3) is 7.40. The number of halogens is 1. The van der Waals surface area contributed by atoms with Gasteiger partial charge in [0.1, 0.15) is 17.9 Å². The molecule has 0 aliphatic rings. The van der Waals surface area contributed by atoms with E-state index in [2.05, 4.69) is 10.6 Å². The Morgan fingerprint density at radius 3 is 2.20 bits per heavy atom. The summed E-state index contributed by atoms with van der Waals surface area (Å²) in [4.78, 5) is 36.6. The largest absolute Gasteiger partial charge is 0.368 e. The second kappa shape index (κ2) is 11.2. The molecule has 2 aromatic carbocycles. The van der Waals surface area contributed by atoms with Crippen molar-refractivity contribution in [2.45, 2.75) is 36.7 Å². The van der Waals surface area contributed by atoms with Gasteiger partial charge in [0.15, 0.2) is 0 Å². The van der Waals surface area contributed by atoms with Crippen LogP contribution in [0.4, 0.5) is 4.39 Å². The van der Waals surface area contributed by atoms with E-state index in [0.717, 1.165) is 0 Å². The summed E-state index contributed by atoms with van der Waals surface area (Å²) < 4.78 is 25.5. The Hall–Kier alpha value is -3.07. The minimum atomic E-state index is -1.35. The van der Waals surface area contributed by atoms with Crippen LogP contribution in [0.25, 0.3) is 0 Å². The summed E-state index contributed by atoms with van der Waals surface area (Å²) in [5, 5.41) is 5.04. The van der Waals surface area contributed by atoms with Crippen LogP contribution in [-0.2, 0) is 31.6 Å². The Labute approximate surface area is 176 Å². The van der Waals surface area contributed by atoms with Gasteiger partial charge in [-0.05, 0) is 36.2 Å².